The molecule has 1 unspecified atom stereocenters. The van der Waals surface area contributed by atoms with Crippen LogP contribution in [0.2, 0.25) is 0 Å². The van der Waals surface area contributed by atoms with Gasteiger partial charge < -0.3 is 54.3 Å². The first kappa shape index (κ1) is 48.7. The lowest BCUT2D eigenvalue weighted by Crippen LogP contribution is -2.49. The number of carbonyl (C=O) groups is 4. The van der Waals surface area contributed by atoms with Crippen molar-refractivity contribution in [1.82, 2.24) is 23.7 Å². The third-order valence-electron chi connectivity index (χ3n) is 9.16. The molecule has 60 heavy (non-hydrogen) atoms. The minimum atomic E-state index is -3.95. The van der Waals surface area contributed by atoms with Gasteiger partial charge in [-0.25, -0.2) is 23.0 Å². The Balaban J connectivity index is 0.000000636. The van der Waals surface area contributed by atoms with Gasteiger partial charge in [0.1, 0.15) is 23.7 Å². The molecule has 1 aliphatic heterocycles. The normalized spacial score (nSPS) is 14.2. The number of hydrogen-bond acceptors (Lipinski definition) is 15. The molecule has 1 fully saturated rings. The number of rotatable bonds is 23. The van der Waals surface area contributed by atoms with Crippen LogP contribution in [0, 0.1) is 10.1 Å². The molecule has 1 aromatic carbocycles. The van der Waals surface area contributed by atoms with E-state index in [2.05, 4.69) is 16.7 Å². The Kier molecular flexibility index (Phi) is 17.9. The van der Waals surface area contributed by atoms with Gasteiger partial charge in [-0.2, -0.15) is 4.31 Å². The van der Waals surface area contributed by atoms with Crippen LogP contribution in [-0.4, -0.2) is 151 Å². The molecule has 1 atom stereocenters. The van der Waals surface area contributed by atoms with Gasteiger partial charge in [-0.05, 0) is 49.9 Å². The number of piperazine rings is 1. The van der Waals surface area contributed by atoms with E-state index in [-0.39, 0.29) is 49.0 Å². The number of benzene rings is 1. The lowest BCUT2D eigenvalue weighted by Gasteiger charge is -2.34. The van der Waals surface area contributed by atoms with Gasteiger partial charge in [0.15, 0.2) is 11.7 Å². The van der Waals surface area contributed by atoms with Gasteiger partial charge in [0, 0.05) is 45.5 Å². The molecule has 3 aromatic rings. The average molecular weight is 871 g/mol. The number of fused-ring (bicyclic) bond motifs is 1. The van der Waals surface area contributed by atoms with Crippen LogP contribution >= 0.6 is 0 Å². The smallest absolute Gasteiger partial charge is 0.336 e. The van der Waals surface area contributed by atoms with Crippen molar-refractivity contribution in [3.8, 4) is 17.1 Å². The SMILES string of the molecule is CCCOc1ccc(S(=O)(=O)N2CCN(CCC(OCCO[N+](=O)[O-])C(=O)O)CC2)cc1-c1nc2c(CCC)cn(CC)c2c(=O)[nH]1.O=C(O)CC(O)(CC(=O)O)C(=O)O. The fourth-order valence-corrected chi connectivity index (χ4v) is 7.68. The number of nitrogens with zero attached hydrogens (tertiary/aromatic N) is 5. The first-order chi connectivity index (χ1) is 28.3. The highest BCUT2D eigenvalue weighted by Gasteiger charge is 2.41. The zero-order valence-electron chi connectivity index (χ0n) is 33.3. The summed E-state index contributed by atoms with van der Waals surface area (Å²) in [6.07, 6.45) is 0.914. The predicted molar refractivity (Wildman–Crippen MR) is 208 cm³/mol. The van der Waals surface area contributed by atoms with Crippen LogP contribution in [0.3, 0.4) is 0 Å². The Labute approximate surface area is 343 Å². The minimum absolute atomic E-state index is 0.0312. The number of nitrogens with one attached hydrogen (secondary N) is 1. The second kappa shape index (κ2) is 22.1. The number of aliphatic hydroxyl groups is 1. The first-order valence-corrected chi connectivity index (χ1v) is 20.3. The Morgan fingerprint density at radius 2 is 1.63 bits per heavy atom. The monoisotopic (exact) mass is 870 g/mol. The zero-order chi connectivity index (χ0) is 44.8. The van der Waals surface area contributed by atoms with E-state index in [9.17, 15) is 47.6 Å². The van der Waals surface area contributed by atoms with E-state index in [1.807, 2.05) is 29.5 Å². The molecule has 1 saturated heterocycles. The summed E-state index contributed by atoms with van der Waals surface area (Å²) in [4.78, 5) is 79.4. The first-order valence-electron chi connectivity index (χ1n) is 18.9. The van der Waals surface area contributed by atoms with Gasteiger partial charge in [0.05, 0.1) is 42.0 Å². The topological polar surface area (TPSA) is 332 Å². The maximum atomic E-state index is 13.8. The Hall–Kier alpha value is -5.69. The molecule has 23 nitrogen and oxygen atoms in total. The largest absolute Gasteiger partial charge is 0.493 e. The Morgan fingerprint density at radius 3 is 2.17 bits per heavy atom. The predicted octanol–water partition coefficient (Wildman–Crippen LogP) is 1.28. The van der Waals surface area contributed by atoms with Crippen LogP contribution in [0.1, 0.15) is 58.4 Å². The lowest BCUT2D eigenvalue weighted by atomic mass is 9.96. The molecule has 24 heteroatoms. The van der Waals surface area contributed by atoms with Crippen LogP contribution in [0.5, 0.6) is 5.75 Å². The fraction of sp³-hybridized carbons (Fsp3) is 0.556. The number of ether oxygens (including phenoxy) is 2. The summed E-state index contributed by atoms with van der Waals surface area (Å²) in [6, 6.07) is 4.57. The van der Waals surface area contributed by atoms with Crippen LogP contribution < -0.4 is 10.3 Å². The van der Waals surface area contributed by atoms with Gasteiger partial charge >= 0.3 is 23.9 Å². The third-order valence-corrected chi connectivity index (χ3v) is 11.1. The van der Waals surface area contributed by atoms with Gasteiger partial charge in [-0.15, -0.1) is 10.1 Å². The van der Waals surface area contributed by atoms with Crippen LogP contribution in [-0.2, 0) is 51.7 Å². The lowest BCUT2D eigenvalue weighted by molar-refractivity contribution is -0.758. The third kappa shape index (κ3) is 13.2. The van der Waals surface area contributed by atoms with E-state index >= 15 is 0 Å². The van der Waals surface area contributed by atoms with Crippen molar-refractivity contribution in [1.29, 1.82) is 0 Å². The van der Waals surface area contributed by atoms with Gasteiger partial charge in [-0.3, -0.25) is 14.4 Å². The van der Waals surface area contributed by atoms with E-state index < -0.39 is 63.5 Å². The summed E-state index contributed by atoms with van der Waals surface area (Å²) in [5, 5.41) is 52.5. The minimum Gasteiger partial charge on any atom is -0.493 e. The molecule has 0 amide bonds. The van der Waals surface area contributed by atoms with Gasteiger partial charge in [0.2, 0.25) is 10.0 Å². The summed E-state index contributed by atoms with van der Waals surface area (Å²) in [5.74, 6) is -5.59. The number of aromatic amines is 1. The van der Waals surface area contributed by atoms with E-state index in [0.29, 0.717) is 55.1 Å². The summed E-state index contributed by atoms with van der Waals surface area (Å²) in [5.41, 5.74) is -0.689. The molecule has 0 saturated carbocycles. The molecule has 332 valence electrons. The molecule has 0 bridgehead atoms. The number of hydrogen-bond donors (Lipinski definition) is 6. The number of carboxylic acids is 4. The van der Waals surface area contributed by atoms with E-state index in [1.165, 1.54) is 16.4 Å². The summed E-state index contributed by atoms with van der Waals surface area (Å²) < 4.78 is 42.1. The molecular formula is C36H50N6O17S. The summed E-state index contributed by atoms with van der Waals surface area (Å²) in [6.45, 7) is 7.72. The number of carboxylic acid groups (broad SMARTS) is 4. The maximum absolute atomic E-state index is 13.8. The second-order valence-electron chi connectivity index (χ2n) is 13.6. The molecule has 0 radical (unpaired) electrons. The van der Waals surface area contributed by atoms with Crippen molar-refractivity contribution in [3.63, 3.8) is 0 Å². The molecule has 4 rings (SSSR count). The van der Waals surface area contributed by atoms with E-state index in [0.717, 1.165) is 24.8 Å². The van der Waals surface area contributed by atoms with Crippen LogP contribution in [0.15, 0.2) is 34.1 Å². The van der Waals surface area contributed by atoms with Crippen molar-refractivity contribution in [3.05, 3.63) is 50.4 Å². The Morgan fingerprint density at radius 1 is 0.983 bits per heavy atom. The number of H-pyrrole nitrogens is 1. The summed E-state index contributed by atoms with van der Waals surface area (Å²) in [7, 11) is -3.95. The standard InChI is InChI=1S/C30H42N6O10S.C6H8O7/c1-4-7-21-20-34(6-3)27-26(21)31-28(32-29(27)37)23-19-22(8-9-24(23)44-16-5-2)47(42,43)35-14-12-33(13-15-35)11-10-25(30(38)39)45-17-18-46-36(40)41;7-3(8)1-6(13,5(11)12)2-4(9)10/h8-9,19-20,25H,4-7,10-18H2,1-3H3,(H,38,39)(H,31,32,37);13H,1-2H2,(H,7,8)(H,9,10)(H,11,12). The number of sulfonamides is 1. The second-order valence-corrected chi connectivity index (χ2v) is 15.5. The molecule has 0 aliphatic carbocycles. The number of aryl methyl sites for hydroxylation is 2. The van der Waals surface area contributed by atoms with Gasteiger partial charge in [-0.1, -0.05) is 20.3 Å². The van der Waals surface area contributed by atoms with Crippen LogP contribution in [0.4, 0.5) is 0 Å². The zero-order valence-corrected chi connectivity index (χ0v) is 34.1. The highest BCUT2D eigenvalue weighted by Crippen LogP contribution is 2.33. The van der Waals surface area contributed by atoms with Gasteiger partial charge in [0.25, 0.3) is 10.6 Å². The molecule has 0 spiro atoms. The van der Waals surface area contributed by atoms with Crippen LogP contribution in [0.25, 0.3) is 22.4 Å². The fourth-order valence-electron chi connectivity index (χ4n) is 6.23. The van der Waals surface area contributed by atoms with E-state index in [1.54, 1.807) is 6.07 Å². The molecule has 6 N–H and O–H groups in total. The molecule has 1 aliphatic rings. The van der Waals surface area contributed by atoms with Crippen molar-refractivity contribution in [2.75, 3.05) is 52.5 Å². The number of aromatic nitrogens is 3. The van der Waals surface area contributed by atoms with Crippen molar-refractivity contribution in [2.24, 2.45) is 0 Å². The maximum Gasteiger partial charge on any atom is 0.336 e. The molecular weight excluding hydrogens is 820 g/mol. The summed E-state index contributed by atoms with van der Waals surface area (Å²) >= 11 is 0. The van der Waals surface area contributed by atoms with Crippen molar-refractivity contribution < 1.29 is 72.5 Å². The van der Waals surface area contributed by atoms with Crippen molar-refractivity contribution in [2.45, 2.75) is 82.4 Å². The highest BCUT2D eigenvalue weighted by atomic mass is 32.2. The van der Waals surface area contributed by atoms with Crippen molar-refractivity contribution >= 4 is 44.9 Å². The average Bonchev–Trinajstić information content (AvgIpc) is 3.54. The number of aliphatic carboxylic acids is 4. The quantitative estimate of drug-likeness (QED) is 0.0444. The Bertz CT molecular complexity index is 2150. The van der Waals surface area contributed by atoms with E-state index in [4.69, 9.17) is 34.9 Å². The molecule has 3 heterocycles. The molecule has 2 aromatic heterocycles. The highest BCUT2D eigenvalue weighted by molar-refractivity contribution is 7.89.